The molecule has 0 bridgehead atoms. The summed E-state index contributed by atoms with van der Waals surface area (Å²) >= 11 is 0. The van der Waals surface area contributed by atoms with Crippen LogP contribution in [0.1, 0.15) is 30.9 Å². The highest BCUT2D eigenvalue weighted by Gasteiger charge is 2.14. The molecular weight excluding hydrogens is 346 g/mol. The van der Waals surface area contributed by atoms with Crippen LogP contribution in [0.25, 0.3) is 0 Å². The van der Waals surface area contributed by atoms with Gasteiger partial charge < -0.3 is 0 Å². The number of sulfonamides is 1. The van der Waals surface area contributed by atoms with Crippen LogP contribution in [0, 0.1) is 0 Å². The predicted octanol–water partition coefficient (Wildman–Crippen LogP) is 4.07. The van der Waals surface area contributed by atoms with Crippen LogP contribution < -0.4 is 4.72 Å². The van der Waals surface area contributed by atoms with Crippen molar-refractivity contribution in [2.24, 2.45) is 0 Å². The van der Waals surface area contributed by atoms with Crippen molar-refractivity contribution < 1.29 is 8.42 Å². The first-order valence-electron chi connectivity index (χ1n) is 8.75. The molecule has 0 aliphatic rings. The number of aryl methyl sites for hydroxylation is 1. The fourth-order valence-corrected chi connectivity index (χ4v) is 3.75. The summed E-state index contributed by atoms with van der Waals surface area (Å²) in [7, 11) is -3.58. The Kier molecular flexibility index (Phi) is 5.73. The van der Waals surface area contributed by atoms with Gasteiger partial charge in [-0.1, -0.05) is 37.6 Å². The molecule has 136 valence electrons. The van der Waals surface area contributed by atoms with Crippen molar-refractivity contribution in [1.29, 1.82) is 0 Å². The minimum Gasteiger partial charge on any atom is -0.280 e. The van der Waals surface area contributed by atoms with E-state index < -0.39 is 10.0 Å². The number of nitrogens with zero attached hydrogens (tertiary/aromatic N) is 2. The summed E-state index contributed by atoms with van der Waals surface area (Å²) in [5.41, 5.74) is 2.76. The lowest BCUT2D eigenvalue weighted by Gasteiger charge is -2.10. The quantitative estimate of drug-likeness (QED) is 0.651. The first-order valence-corrected chi connectivity index (χ1v) is 10.2. The normalized spacial score (nSPS) is 11.4. The van der Waals surface area contributed by atoms with Gasteiger partial charge in [0.2, 0.25) is 0 Å². The molecule has 26 heavy (non-hydrogen) atoms. The molecular formula is C20H23N3O2S. The van der Waals surface area contributed by atoms with Gasteiger partial charge in [-0.2, -0.15) is 5.10 Å². The van der Waals surface area contributed by atoms with E-state index in [4.69, 9.17) is 0 Å². The number of benzene rings is 2. The van der Waals surface area contributed by atoms with Crippen LogP contribution in [0.2, 0.25) is 0 Å². The number of unbranched alkanes of at least 4 members (excludes halogenated alkanes) is 1. The number of rotatable bonds is 8. The number of hydrogen-bond donors (Lipinski definition) is 1. The van der Waals surface area contributed by atoms with Crippen LogP contribution in [0.15, 0.2) is 71.9 Å². The van der Waals surface area contributed by atoms with Crippen molar-refractivity contribution in [3.05, 3.63) is 78.1 Å². The van der Waals surface area contributed by atoms with E-state index in [1.165, 1.54) is 0 Å². The molecule has 0 aliphatic heterocycles. The molecule has 0 saturated heterocycles. The number of hydrogen-bond acceptors (Lipinski definition) is 3. The molecule has 0 radical (unpaired) electrons. The second kappa shape index (κ2) is 8.19. The fourth-order valence-electron chi connectivity index (χ4n) is 2.69. The summed E-state index contributed by atoms with van der Waals surface area (Å²) in [4.78, 5) is 0.276. The van der Waals surface area contributed by atoms with E-state index in [1.54, 1.807) is 30.5 Å². The van der Waals surface area contributed by atoms with Gasteiger partial charge in [0.15, 0.2) is 0 Å². The van der Waals surface area contributed by atoms with Gasteiger partial charge in [-0.05, 0) is 54.3 Å². The number of aromatic nitrogens is 2. The smallest absolute Gasteiger partial charge is 0.261 e. The van der Waals surface area contributed by atoms with E-state index in [9.17, 15) is 8.42 Å². The Bertz CT molecular complexity index is 916. The van der Waals surface area contributed by atoms with E-state index in [-0.39, 0.29) is 4.90 Å². The van der Waals surface area contributed by atoms with E-state index in [0.717, 1.165) is 30.4 Å². The van der Waals surface area contributed by atoms with E-state index in [0.29, 0.717) is 12.2 Å². The molecule has 0 amide bonds. The van der Waals surface area contributed by atoms with Crippen LogP contribution in [-0.2, 0) is 23.0 Å². The van der Waals surface area contributed by atoms with Crippen molar-refractivity contribution in [3.8, 4) is 0 Å². The molecule has 1 aromatic heterocycles. The van der Waals surface area contributed by atoms with Crippen LogP contribution in [-0.4, -0.2) is 18.2 Å². The molecule has 0 aliphatic carbocycles. The average Bonchev–Trinajstić information content (AvgIpc) is 3.15. The SMILES string of the molecule is CCCCc1ccc(S(=O)(=O)Nc2ccc(Cn3cccn3)cc2)cc1. The molecule has 0 saturated carbocycles. The standard InChI is InChI=1S/C20H23N3O2S/c1-2-3-5-17-8-12-20(13-9-17)26(24,25)22-19-10-6-18(7-11-19)16-23-15-4-14-21-23/h4,6-15,22H,2-3,5,16H2,1H3. The van der Waals surface area contributed by atoms with E-state index in [1.807, 2.05) is 41.2 Å². The summed E-state index contributed by atoms with van der Waals surface area (Å²) in [6.45, 7) is 2.79. The summed E-state index contributed by atoms with van der Waals surface area (Å²) in [6, 6.07) is 16.3. The predicted molar refractivity (Wildman–Crippen MR) is 104 cm³/mol. The Labute approximate surface area is 154 Å². The molecule has 1 N–H and O–H groups in total. The van der Waals surface area contributed by atoms with Gasteiger partial charge in [0, 0.05) is 18.1 Å². The third-order valence-corrected chi connectivity index (χ3v) is 5.56. The highest BCUT2D eigenvalue weighted by molar-refractivity contribution is 7.92. The second-order valence-corrected chi connectivity index (χ2v) is 7.94. The molecule has 1 heterocycles. The monoisotopic (exact) mass is 369 g/mol. The second-order valence-electron chi connectivity index (χ2n) is 6.25. The molecule has 0 atom stereocenters. The Morgan fingerprint density at radius 3 is 2.31 bits per heavy atom. The van der Waals surface area contributed by atoms with Crippen molar-refractivity contribution in [3.63, 3.8) is 0 Å². The molecule has 2 aromatic carbocycles. The Balaban J connectivity index is 1.66. The highest BCUT2D eigenvalue weighted by atomic mass is 32.2. The molecule has 5 nitrogen and oxygen atoms in total. The minimum absolute atomic E-state index is 0.276. The zero-order chi connectivity index (χ0) is 18.4. The summed E-state index contributed by atoms with van der Waals surface area (Å²) in [5.74, 6) is 0. The van der Waals surface area contributed by atoms with Crippen LogP contribution in [0.5, 0.6) is 0 Å². The van der Waals surface area contributed by atoms with E-state index in [2.05, 4.69) is 16.7 Å². The van der Waals surface area contributed by atoms with Crippen molar-refractivity contribution in [2.45, 2.75) is 37.6 Å². The maximum Gasteiger partial charge on any atom is 0.261 e. The highest BCUT2D eigenvalue weighted by Crippen LogP contribution is 2.18. The van der Waals surface area contributed by atoms with Gasteiger partial charge in [-0.3, -0.25) is 9.40 Å². The van der Waals surface area contributed by atoms with Crippen LogP contribution >= 0.6 is 0 Å². The molecule has 3 aromatic rings. The molecule has 3 rings (SSSR count). The first-order chi connectivity index (χ1) is 12.6. The molecule has 6 heteroatoms. The average molecular weight is 369 g/mol. The number of anilines is 1. The Hall–Kier alpha value is -2.60. The van der Waals surface area contributed by atoms with Gasteiger partial charge >= 0.3 is 0 Å². The Morgan fingerprint density at radius 2 is 1.69 bits per heavy atom. The first kappa shape index (κ1) is 18.2. The lowest BCUT2D eigenvalue weighted by atomic mass is 10.1. The van der Waals surface area contributed by atoms with Gasteiger partial charge in [-0.25, -0.2) is 8.42 Å². The van der Waals surface area contributed by atoms with Crippen LogP contribution in [0.3, 0.4) is 0 Å². The largest absolute Gasteiger partial charge is 0.280 e. The third kappa shape index (κ3) is 4.73. The lowest BCUT2D eigenvalue weighted by Crippen LogP contribution is -2.13. The number of nitrogens with one attached hydrogen (secondary N) is 1. The van der Waals surface area contributed by atoms with Gasteiger partial charge in [0.25, 0.3) is 10.0 Å². The summed E-state index contributed by atoms with van der Waals surface area (Å²) in [6.07, 6.45) is 6.83. The minimum atomic E-state index is -3.58. The Morgan fingerprint density at radius 1 is 1.00 bits per heavy atom. The summed E-state index contributed by atoms with van der Waals surface area (Å²) < 4.78 is 29.5. The van der Waals surface area contributed by atoms with E-state index >= 15 is 0 Å². The fraction of sp³-hybridized carbons (Fsp3) is 0.250. The van der Waals surface area contributed by atoms with Gasteiger partial charge in [0.05, 0.1) is 11.4 Å². The van der Waals surface area contributed by atoms with Crippen molar-refractivity contribution >= 4 is 15.7 Å². The van der Waals surface area contributed by atoms with Crippen molar-refractivity contribution in [1.82, 2.24) is 9.78 Å². The third-order valence-electron chi connectivity index (χ3n) is 4.16. The zero-order valence-electron chi connectivity index (χ0n) is 14.8. The van der Waals surface area contributed by atoms with Gasteiger partial charge in [-0.15, -0.1) is 0 Å². The topological polar surface area (TPSA) is 64.0 Å². The maximum atomic E-state index is 12.5. The lowest BCUT2D eigenvalue weighted by molar-refractivity contribution is 0.601. The summed E-state index contributed by atoms with van der Waals surface area (Å²) in [5, 5.41) is 4.16. The van der Waals surface area contributed by atoms with Gasteiger partial charge in [0.1, 0.15) is 0 Å². The molecule has 0 spiro atoms. The molecule has 0 fully saturated rings. The van der Waals surface area contributed by atoms with Crippen LogP contribution in [0.4, 0.5) is 5.69 Å². The molecule has 0 unspecified atom stereocenters. The zero-order valence-corrected chi connectivity index (χ0v) is 15.6. The maximum absolute atomic E-state index is 12.5. The van der Waals surface area contributed by atoms with Crippen molar-refractivity contribution in [2.75, 3.05) is 4.72 Å².